The first kappa shape index (κ1) is 15.9. The van der Waals surface area contributed by atoms with E-state index in [4.69, 9.17) is 9.47 Å². The van der Waals surface area contributed by atoms with Gasteiger partial charge in [0.2, 0.25) is 0 Å². The van der Waals surface area contributed by atoms with Gasteiger partial charge in [0, 0.05) is 13.2 Å². The molecule has 5 heteroatoms. The van der Waals surface area contributed by atoms with E-state index < -0.39 is 0 Å². The second-order valence-electron chi connectivity index (χ2n) is 5.39. The van der Waals surface area contributed by atoms with Gasteiger partial charge in [0.15, 0.2) is 6.79 Å². The number of halogens is 1. The first-order valence-electron chi connectivity index (χ1n) is 7.30. The van der Waals surface area contributed by atoms with Crippen LogP contribution in [0.3, 0.4) is 0 Å². The lowest BCUT2D eigenvalue weighted by Gasteiger charge is -2.35. The van der Waals surface area contributed by atoms with E-state index in [0.717, 1.165) is 18.5 Å². The maximum Gasteiger partial charge on any atom is 0.312 e. The predicted octanol–water partition coefficient (Wildman–Crippen LogP) is 2.40. The minimum atomic E-state index is -0.262. The average Bonchev–Trinajstić information content (AvgIpc) is 2.48. The van der Waals surface area contributed by atoms with Crippen molar-refractivity contribution >= 4 is 5.97 Å². The average molecular weight is 295 g/mol. The number of rotatable bonds is 5. The summed E-state index contributed by atoms with van der Waals surface area (Å²) in [7, 11) is 1.99. The Balaban J connectivity index is 2.09. The molecule has 0 unspecified atom stereocenters. The van der Waals surface area contributed by atoms with E-state index >= 15 is 0 Å². The Morgan fingerprint density at radius 2 is 2.10 bits per heavy atom. The van der Waals surface area contributed by atoms with Crippen LogP contribution in [0.1, 0.15) is 24.8 Å². The van der Waals surface area contributed by atoms with Crippen molar-refractivity contribution in [3.8, 4) is 0 Å². The van der Waals surface area contributed by atoms with Crippen LogP contribution in [0.5, 0.6) is 0 Å². The SMILES string of the molecule is CCOCOC(=O)[C@H]1CN(C)CC[C@@H]1c1ccc(F)cc1. The monoisotopic (exact) mass is 295 g/mol. The van der Waals surface area contributed by atoms with E-state index in [1.807, 2.05) is 14.0 Å². The number of benzene rings is 1. The molecule has 1 aliphatic heterocycles. The molecule has 0 bridgehead atoms. The van der Waals surface area contributed by atoms with Crippen molar-refractivity contribution in [1.82, 2.24) is 4.90 Å². The van der Waals surface area contributed by atoms with E-state index in [2.05, 4.69) is 4.90 Å². The van der Waals surface area contributed by atoms with Crippen molar-refractivity contribution < 1.29 is 18.7 Å². The van der Waals surface area contributed by atoms with Crippen LogP contribution in [0.2, 0.25) is 0 Å². The summed E-state index contributed by atoms with van der Waals surface area (Å²) < 4.78 is 23.3. The summed E-state index contributed by atoms with van der Waals surface area (Å²) in [5.74, 6) is -0.683. The molecule has 1 aromatic rings. The number of carbonyl (C=O) groups excluding carboxylic acids is 1. The molecule has 0 aliphatic carbocycles. The van der Waals surface area contributed by atoms with E-state index in [0.29, 0.717) is 13.2 Å². The summed E-state index contributed by atoms with van der Waals surface area (Å²) in [5.41, 5.74) is 0.989. The van der Waals surface area contributed by atoms with Gasteiger partial charge in [0.05, 0.1) is 5.92 Å². The molecule has 1 fully saturated rings. The van der Waals surface area contributed by atoms with Crippen molar-refractivity contribution in [2.24, 2.45) is 5.92 Å². The van der Waals surface area contributed by atoms with Crippen molar-refractivity contribution in [1.29, 1.82) is 0 Å². The third-order valence-electron chi connectivity index (χ3n) is 3.91. The molecule has 1 aliphatic rings. The van der Waals surface area contributed by atoms with Gasteiger partial charge in [0.1, 0.15) is 5.82 Å². The van der Waals surface area contributed by atoms with Gasteiger partial charge >= 0.3 is 5.97 Å². The highest BCUT2D eigenvalue weighted by Crippen LogP contribution is 2.33. The molecule has 0 spiro atoms. The van der Waals surface area contributed by atoms with Gasteiger partial charge in [0.25, 0.3) is 0 Å². The summed E-state index contributed by atoms with van der Waals surface area (Å²) in [6.45, 7) is 3.92. The maximum absolute atomic E-state index is 13.1. The summed E-state index contributed by atoms with van der Waals surface area (Å²) >= 11 is 0. The molecule has 0 radical (unpaired) electrons. The van der Waals surface area contributed by atoms with Gasteiger partial charge in [-0.1, -0.05) is 12.1 Å². The van der Waals surface area contributed by atoms with Gasteiger partial charge in [-0.25, -0.2) is 4.39 Å². The Bertz CT molecular complexity index is 463. The lowest BCUT2D eigenvalue weighted by molar-refractivity contribution is -0.163. The fourth-order valence-electron chi connectivity index (χ4n) is 2.75. The van der Waals surface area contributed by atoms with Crippen LogP contribution < -0.4 is 0 Å². The lowest BCUT2D eigenvalue weighted by atomic mass is 9.80. The van der Waals surface area contributed by atoms with Crippen LogP contribution in [0.15, 0.2) is 24.3 Å². The van der Waals surface area contributed by atoms with Gasteiger partial charge < -0.3 is 14.4 Å². The number of hydrogen-bond acceptors (Lipinski definition) is 4. The van der Waals surface area contributed by atoms with E-state index in [9.17, 15) is 9.18 Å². The molecule has 0 N–H and O–H groups in total. The largest absolute Gasteiger partial charge is 0.438 e. The van der Waals surface area contributed by atoms with Crippen LogP contribution in [0.25, 0.3) is 0 Å². The quantitative estimate of drug-likeness (QED) is 0.475. The number of piperidine rings is 1. The first-order chi connectivity index (χ1) is 10.1. The summed E-state index contributed by atoms with van der Waals surface area (Å²) in [6.07, 6.45) is 0.858. The number of carbonyl (C=O) groups is 1. The second-order valence-corrected chi connectivity index (χ2v) is 5.39. The third kappa shape index (κ3) is 4.25. The summed E-state index contributed by atoms with van der Waals surface area (Å²) in [4.78, 5) is 14.4. The first-order valence-corrected chi connectivity index (χ1v) is 7.30. The van der Waals surface area contributed by atoms with Crippen LogP contribution in [0.4, 0.5) is 4.39 Å². The highest BCUT2D eigenvalue weighted by molar-refractivity contribution is 5.74. The smallest absolute Gasteiger partial charge is 0.312 e. The molecule has 2 atom stereocenters. The van der Waals surface area contributed by atoms with E-state index in [1.54, 1.807) is 12.1 Å². The number of esters is 1. The third-order valence-corrected chi connectivity index (χ3v) is 3.91. The van der Waals surface area contributed by atoms with Crippen molar-refractivity contribution in [2.75, 3.05) is 33.5 Å². The fraction of sp³-hybridized carbons (Fsp3) is 0.562. The van der Waals surface area contributed by atoms with Crippen LogP contribution in [0, 0.1) is 11.7 Å². The van der Waals surface area contributed by atoms with Crippen molar-refractivity contribution in [3.63, 3.8) is 0 Å². The maximum atomic E-state index is 13.1. The minimum Gasteiger partial charge on any atom is -0.438 e. The molecule has 0 aromatic heterocycles. The number of likely N-dealkylation sites (tertiary alicyclic amines) is 1. The zero-order chi connectivity index (χ0) is 15.2. The topological polar surface area (TPSA) is 38.8 Å². The molecule has 0 amide bonds. The molecule has 21 heavy (non-hydrogen) atoms. The standard InChI is InChI=1S/C16H22FNO3/c1-3-20-11-21-16(19)15-10-18(2)9-8-14(15)12-4-6-13(17)7-5-12/h4-7,14-15H,3,8-11H2,1-2H3/t14-,15+/m1/s1. The molecule has 1 aromatic carbocycles. The Labute approximate surface area is 124 Å². The molecule has 1 heterocycles. The number of ether oxygens (including phenoxy) is 2. The van der Waals surface area contributed by atoms with E-state index in [1.165, 1.54) is 12.1 Å². The van der Waals surface area contributed by atoms with Gasteiger partial charge in [-0.3, -0.25) is 4.79 Å². The summed E-state index contributed by atoms with van der Waals surface area (Å²) in [6, 6.07) is 6.40. The molecular formula is C16H22FNO3. The Morgan fingerprint density at radius 1 is 1.38 bits per heavy atom. The fourth-order valence-corrected chi connectivity index (χ4v) is 2.75. The van der Waals surface area contributed by atoms with Crippen LogP contribution in [-0.4, -0.2) is 44.4 Å². The molecule has 2 rings (SSSR count). The molecule has 4 nitrogen and oxygen atoms in total. The molecular weight excluding hydrogens is 273 g/mol. The Hall–Kier alpha value is -1.46. The summed E-state index contributed by atoms with van der Waals surface area (Å²) in [5, 5.41) is 0. The normalized spacial score (nSPS) is 23.0. The lowest BCUT2D eigenvalue weighted by Crippen LogP contribution is -2.41. The highest BCUT2D eigenvalue weighted by Gasteiger charge is 2.35. The highest BCUT2D eigenvalue weighted by atomic mass is 19.1. The van der Waals surface area contributed by atoms with Crippen LogP contribution in [-0.2, 0) is 14.3 Å². The Kier molecular flexibility index (Phi) is 5.70. The predicted molar refractivity (Wildman–Crippen MR) is 77.3 cm³/mol. The number of nitrogens with zero attached hydrogens (tertiary/aromatic N) is 1. The number of hydrogen-bond donors (Lipinski definition) is 0. The zero-order valence-electron chi connectivity index (χ0n) is 12.5. The molecule has 1 saturated heterocycles. The molecule has 116 valence electrons. The molecule has 0 saturated carbocycles. The van der Waals surface area contributed by atoms with Crippen molar-refractivity contribution in [2.45, 2.75) is 19.3 Å². The van der Waals surface area contributed by atoms with Gasteiger partial charge in [-0.2, -0.15) is 0 Å². The van der Waals surface area contributed by atoms with Crippen LogP contribution >= 0.6 is 0 Å². The second kappa shape index (κ2) is 7.52. The van der Waals surface area contributed by atoms with Gasteiger partial charge in [-0.15, -0.1) is 0 Å². The van der Waals surface area contributed by atoms with E-state index in [-0.39, 0.29) is 30.4 Å². The zero-order valence-corrected chi connectivity index (χ0v) is 12.5. The van der Waals surface area contributed by atoms with Crippen molar-refractivity contribution in [3.05, 3.63) is 35.6 Å². The Morgan fingerprint density at radius 3 is 2.76 bits per heavy atom. The minimum absolute atomic E-state index is 0.00825. The van der Waals surface area contributed by atoms with Gasteiger partial charge in [-0.05, 0) is 50.6 Å².